The molecule has 29 nitrogen and oxygen atoms in total. The third-order valence-corrected chi connectivity index (χ3v) is 19.4. The summed E-state index contributed by atoms with van der Waals surface area (Å²) in [7, 11) is 0. The number of ether oxygens (including phenoxy) is 11. The molecule has 0 bridgehead atoms. The zero-order chi connectivity index (χ0) is 73.7. The van der Waals surface area contributed by atoms with Crippen LogP contribution < -0.4 is 10.6 Å². The van der Waals surface area contributed by atoms with E-state index in [-0.39, 0.29) is 51.5 Å². The molecule has 29 heteroatoms. The number of hydrogen-bond donors (Lipinski definition) is 15. The molecule has 0 radical (unpaired) electrons. The van der Waals surface area contributed by atoms with Gasteiger partial charge in [0, 0.05) is 24.9 Å². The van der Waals surface area contributed by atoms with Gasteiger partial charge in [0.15, 0.2) is 18.9 Å². The van der Waals surface area contributed by atoms with Crippen molar-refractivity contribution in [1.29, 1.82) is 0 Å². The van der Waals surface area contributed by atoms with E-state index in [1.54, 1.807) is 0 Å². The van der Waals surface area contributed by atoms with Gasteiger partial charge in [-0.2, -0.15) is 0 Å². The molecule has 5 rings (SSSR count). The van der Waals surface area contributed by atoms with Crippen LogP contribution in [0.1, 0.15) is 207 Å². The van der Waals surface area contributed by atoms with E-state index in [0.717, 1.165) is 56.7 Å². The van der Waals surface area contributed by atoms with Crippen molar-refractivity contribution in [3.63, 3.8) is 0 Å². The van der Waals surface area contributed by atoms with Gasteiger partial charge in [0.05, 0.1) is 84.3 Å². The third-order valence-electron chi connectivity index (χ3n) is 19.4. The maximum atomic E-state index is 13.8. The van der Waals surface area contributed by atoms with E-state index in [4.69, 9.17) is 52.1 Å². The molecule has 2 amide bonds. The second-order valence-electron chi connectivity index (χ2n) is 27.7. The Hall–Kier alpha value is -3.29. The fraction of sp³-hybridized carbons (Fsp3) is 0.875. The highest BCUT2D eigenvalue weighted by molar-refractivity contribution is 5.92. The predicted molar refractivity (Wildman–Crippen MR) is 366 cm³/mol. The first kappa shape index (κ1) is 88.3. The molecule has 0 spiro atoms. The monoisotopic (exact) mass is 1450 g/mol. The number of rotatable bonds is 53. The molecule has 0 aliphatic carbocycles. The maximum Gasteiger partial charge on any atom is 0.364 e. The largest absolute Gasteiger partial charge is 0.477 e. The fourth-order valence-corrected chi connectivity index (χ4v) is 13.4. The molecule has 4 fully saturated rings. The van der Waals surface area contributed by atoms with Crippen LogP contribution in [0, 0.1) is 5.92 Å². The standard InChI is InChI=1S/C72H126N2O27/c1-5-7-9-11-13-15-17-19-21-23-25-27-29-49(30-28-26-24-22-20-18-16-14-12-10-8-6-2)67(88)74-50-33-31-48(32-34-50)45-93-38-37-91-35-36-92-39-40-94-68-62(87)66(99-69-60(85)59(84)56(81)46(3)95-69)63(54(44-77)97-68)98-70-61(86)65(58(83)53(43-76)96-70)101-72(71(89)90)41-51(79)55(73-47(4)78)64(100-72)57(82)52(80)42-75/h31-34,46,49,51-66,68-70,75-77,79-87H,5-30,35-45H2,1-4H3,(H,73,78)(H,74,88)(H,89,90)/t46-,51-,52+,53+,54+,55+,56+,57+,58-,59+,60-,61+,62+,63+,64+,65-,66+,68+,69-,70-,72-/m0/s1. The van der Waals surface area contributed by atoms with E-state index >= 15 is 0 Å². The lowest BCUT2D eigenvalue weighted by molar-refractivity contribution is -0.398. The quantitative estimate of drug-likeness (QED) is 0.0414. The number of anilines is 1. The molecule has 21 atom stereocenters. The molecule has 0 saturated carbocycles. The maximum absolute atomic E-state index is 13.8. The van der Waals surface area contributed by atoms with Crippen LogP contribution in [-0.4, -0.2) is 272 Å². The fourth-order valence-electron chi connectivity index (χ4n) is 13.4. The lowest BCUT2D eigenvalue weighted by atomic mass is 9.88. The Morgan fingerprint density at radius 1 is 0.554 bits per heavy atom. The smallest absolute Gasteiger partial charge is 0.364 e. The van der Waals surface area contributed by atoms with Gasteiger partial charge in [-0.25, -0.2) is 4.79 Å². The van der Waals surface area contributed by atoms with Crippen molar-refractivity contribution in [3.8, 4) is 0 Å². The topological polar surface area (TPSA) is 440 Å². The van der Waals surface area contributed by atoms with Crippen LogP contribution in [0.2, 0.25) is 0 Å². The van der Waals surface area contributed by atoms with E-state index < -0.39 is 166 Å². The summed E-state index contributed by atoms with van der Waals surface area (Å²) in [6.07, 6.45) is -4.64. The Bertz CT molecular complexity index is 2350. The zero-order valence-corrected chi connectivity index (χ0v) is 60.1. The van der Waals surface area contributed by atoms with Crippen LogP contribution in [0.15, 0.2) is 24.3 Å². The minimum Gasteiger partial charge on any atom is -0.477 e. The van der Waals surface area contributed by atoms with Crippen molar-refractivity contribution in [2.75, 3.05) is 64.8 Å². The number of carbonyl (C=O) groups excluding carboxylic acids is 2. The first-order chi connectivity index (χ1) is 48.6. The van der Waals surface area contributed by atoms with Crippen molar-refractivity contribution in [2.45, 2.75) is 336 Å². The Morgan fingerprint density at radius 3 is 1.53 bits per heavy atom. The molecule has 4 saturated heterocycles. The molecule has 1 aromatic carbocycles. The van der Waals surface area contributed by atoms with Crippen LogP contribution in [0.4, 0.5) is 5.69 Å². The van der Waals surface area contributed by atoms with E-state index in [1.165, 1.54) is 135 Å². The molecule has 15 N–H and O–H groups in total. The molecule has 4 aliphatic rings. The number of aliphatic hydroxyl groups excluding tert-OH is 12. The summed E-state index contributed by atoms with van der Waals surface area (Å²) in [6.45, 7) is 4.62. The Kier molecular flexibility index (Phi) is 42.7. The van der Waals surface area contributed by atoms with Gasteiger partial charge < -0.3 is 129 Å². The van der Waals surface area contributed by atoms with E-state index in [1.807, 2.05) is 24.3 Å². The number of benzene rings is 1. The number of carboxylic acid groups (broad SMARTS) is 1. The first-order valence-corrected chi connectivity index (χ1v) is 37.5. The highest BCUT2D eigenvalue weighted by Gasteiger charge is 2.61. The lowest BCUT2D eigenvalue weighted by Gasteiger charge is -2.51. The summed E-state index contributed by atoms with van der Waals surface area (Å²) < 4.78 is 64.0. The van der Waals surface area contributed by atoms with Gasteiger partial charge in [0.25, 0.3) is 5.79 Å². The SMILES string of the molecule is CCCCCCCCCCCCCCC(CCCCCCCCCCCCCC)C(=O)Nc1ccc(COCCOCCOCCO[C@@H]2O[C@H](CO)[C@@H](O[C@@H]3O[C@H](CO)[C@H](O)[C@H](O[C@]4(C(=O)O)C[C@H](O)[C@@H](NC(C)=O)[C@H]([C@H](O)[C@H](O)CO)O4)[C@H]3O)[C@H](O[C@@H]3O[C@@H](C)[C@@H](O)[C@@H](O)[C@@H]3O)[C@H]2O)cc1. The first-order valence-electron chi connectivity index (χ1n) is 37.5. The van der Waals surface area contributed by atoms with E-state index in [9.17, 15) is 80.8 Å². The highest BCUT2D eigenvalue weighted by Crippen LogP contribution is 2.40. The number of aliphatic hydroxyl groups is 12. The van der Waals surface area contributed by atoms with Crippen molar-refractivity contribution >= 4 is 23.5 Å². The average molecular weight is 1450 g/mol. The Morgan fingerprint density at radius 2 is 1.03 bits per heavy atom. The number of nitrogens with one attached hydrogen (secondary N) is 2. The normalized spacial score (nSPS) is 30.7. The molecule has 0 aromatic heterocycles. The number of unbranched alkanes of at least 4 members (excludes halogenated alkanes) is 22. The summed E-state index contributed by atoms with van der Waals surface area (Å²) in [5.41, 5.74) is 1.69. The molecule has 101 heavy (non-hydrogen) atoms. The predicted octanol–water partition coefficient (Wildman–Crippen LogP) is 3.64. The van der Waals surface area contributed by atoms with Crippen molar-refractivity contribution in [1.82, 2.24) is 5.32 Å². The summed E-state index contributed by atoms with van der Waals surface area (Å²) in [4.78, 5) is 39.0. The highest BCUT2D eigenvalue weighted by atomic mass is 16.8. The average Bonchev–Trinajstić information content (AvgIpc) is 0.760. The summed E-state index contributed by atoms with van der Waals surface area (Å²) in [6, 6.07) is 6.08. The Balaban J connectivity index is 1.09. The lowest BCUT2D eigenvalue weighted by Crippen LogP contribution is -2.71. The number of hydrogen-bond acceptors (Lipinski definition) is 26. The molecule has 1 aromatic rings. The molecular formula is C72H126N2O27. The summed E-state index contributed by atoms with van der Waals surface area (Å²) in [5, 5.41) is 147. The molecule has 4 aliphatic heterocycles. The van der Waals surface area contributed by atoms with E-state index in [2.05, 4.69) is 24.5 Å². The minimum atomic E-state index is -3.14. The Labute approximate surface area is 596 Å². The van der Waals surface area contributed by atoms with Gasteiger partial charge in [-0.1, -0.05) is 180 Å². The zero-order valence-electron chi connectivity index (χ0n) is 60.1. The van der Waals surface area contributed by atoms with Crippen LogP contribution in [0.3, 0.4) is 0 Å². The molecule has 4 heterocycles. The number of carbonyl (C=O) groups is 3. The van der Waals surface area contributed by atoms with Gasteiger partial charge in [-0.3, -0.25) is 9.59 Å². The molecule has 0 unspecified atom stereocenters. The van der Waals surface area contributed by atoms with Crippen molar-refractivity contribution < 1.29 is 133 Å². The van der Waals surface area contributed by atoms with Crippen LogP contribution in [0.5, 0.6) is 0 Å². The number of carboxylic acids is 1. The van der Waals surface area contributed by atoms with Crippen LogP contribution >= 0.6 is 0 Å². The van der Waals surface area contributed by atoms with Crippen molar-refractivity contribution in [2.24, 2.45) is 5.92 Å². The second kappa shape index (κ2) is 48.8. The number of amides is 2. The van der Waals surface area contributed by atoms with Gasteiger partial charge in [-0.05, 0) is 37.5 Å². The van der Waals surface area contributed by atoms with Gasteiger partial charge in [-0.15, -0.1) is 0 Å². The van der Waals surface area contributed by atoms with Crippen LogP contribution in [0.25, 0.3) is 0 Å². The molecule has 586 valence electrons. The van der Waals surface area contributed by atoms with Crippen molar-refractivity contribution in [3.05, 3.63) is 29.8 Å². The van der Waals surface area contributed by atoms with E-state index in [0.29, 0.717) is 6.61 Å². The minimum absolute atomic E-state index is 0.0161. The molecular weight excluding hydrogens is 1320 g/mol. The van der Waals surface area contributed by atoms with Crippen LogP contribution in [-0.2, 0) is 73.1 Å². The summed E-state index contributed by atoms with van der Waals surface area (Å²) in [5.74, 6) is -5.86. The number of aliphatic carboxylic acids is 1. The summed E-state index contributed by atoms with van der Waals surface area (Å²) >= 11 is 0. The third kappa shape index (κ3) is 29.4. The second-order valence-corrected chi connectivity index (χ2v) is 27.7. The van der Waals surface area contributed by atoms with Gasteiger partial charge >= 0.3 is 5.97 Å². The van der Waals surface area contributed by atoms with Gasteiger partial charge in [0.2, 0.25) is 11.8 Å². The van der Waals surface area contributed by atoms with Gasteiger partial charge in [0.1, 0.15) is 85.5 Å².